The van der Waals surface area contributed by atoms with Gasteiger partial charge in [0, 0.05) is 24.7 Å². The van der Waals surface area contributed by atoms with E-state index in [9.17, 15) is 19.1 Å². The monoisotopic (exact) mass is 371 g/mol. The molecule has 1 N–H and O–H groups in total. The summed E-state index contributed by atoms with van der Waals surface area (Å²) in [4.78, 5) is 29.7. The standard InChI is InChI=1S/C19H18FN3O4/c1-3-4-7-23-16-13(17(24)22(2)19(23)26)9-12-15(21-16)11-8-10(20)5-6-14(11)27-18(12)25/h5-6,8-9,18,25H,3-4,7H2,1-2H3/t18-/m0/s1. The highest BCUT2D eigenvalue weighted by Gasteiger charge is 2.28. The number of hydrogen-bond acceptors (Lipinski definition) is 5. The zero-order valence-electron chi connectivity index (χ0n) is 14.9. The van der Waals surface area contributed by atoms with E-state index in [1.807, 2.05) is 6.92 Å². The van der Waals surface area contributed by atoms with Crippen molar-refractivity contribution >= 4 is 11.0 Å². The summed E-state index contributed by atoms with van der Waals surface area (Å²) >= 11 is 0. The van der Waals surface area contributed by atoms with Crippen LogP contribution in [0.15, 0.2) is 33.9 Å². The minimum atomic E-state index is -1.34. The van der Waals surface area contributed by atoms with Crippen molar-refractivity contribution in [3.63, 3.8) is 0 Å². The summed E-state index contributed by atoms with van der Waals surface area (Å²) in [6.07, 6.45) is 0.265. The van der Waals surface area contributed by atoms with E-state index in [0.717, 1.165) is 17.4 Å². The Morgan fingerprint density at radius 2 is 2.07 bits per heavy atom. The van der Waals surface area contributed by atoms with Gasteiger partial charge < -0.3 is 9.84 Å². The Morgan fingerprint density at radius 3 is 2.81 bits per heavy atom. The van der Waals surface area contributed by atoms with Crippen molar-refractivity contribution in [2.24, 2.45) is 7.05 Å². The number of ether oxygens (including phenoxy) is 1. The second kappa shape index (κ2) is 6.31. The second-order valence-corrected chi connectivity index (χ2v) is 6.56. The van der Waals surface area contributed by atoms with Crippen LogP contribution in [0.4, 0.5) is 4.39 Å². The number of aliphatic hydroxyl groups excluding tert-OH is 1. The van der Waals surface area contributed by atoms with Crippen LogP contribution in [0, 0.1) is 5.82 Å². The van der Waals surface area contributed by atoms with Crippen LogP contribution in [0.2, 0.25) is 0 Å². The van der Waals surface area contributed by atoms with Gasteiger partial charge in [-0.25, -0.2) is 14.2 Å². The zero-order chi connectivity index (χ0) is 19.3. The molecule has 0 saturated carbocycles. The molecule has 2 aromatic heterocycles. The zero-order valence-corrected chi connectivity index (χ0v) is 14.9. The van der Waals surface area contributed by atoms with Gasteiger partial charge >= 0.3 is 5.69 Å². The van der Waals surface area contributed by atoms with E-state index in [2.05, 4.69) is 4.98 Å². The van der Waals surface area contributed by atoms with E-state index in [0.29, 0.717) is 17.8 Å². The molecule has 0 spiro atoms. The molecule has 140 valence electrons. The third kappa shape index (κ3) is 2.64. The number of pyridine rings is 1. The Balaban J connectivity index is 2.10. The molecule has 1 atom stereocenters. The lowest BCUT2D eigenvalue weighted by atomic mass is 10.0. The number of aryl methyl sites for hydroxylation is 1. The highest BCUT2D eigenvalue weighted by atomic mass is 19.1. The SMILES string of the molecule is CCCCn1c(=O)n(C)c(=O)c2cc3c(nc21)-c1cc(F)ccc1O[C@@H]3O. The summed E-state index contributed by atoms with van der Waals surface area (Å²) in [5.41, 5.74) is 0.190. The average Bonchev–Trinajstić information content (AvgIpc) is 2.66. The summed E-state index contributed by atoms with van der Waals surface area (Å²) in [6.45, 7) is 2.40. The molecular formula is C19H18FN3O4. The molecule has 0 unspecified atom stereocenters. The first-order valence-corrected chi connectivity index (χ1v) is 8.71. The molecular weight excluding hydrogens is 353 g/mol. The van der Waals surface area contributed by atoms with Gasteiger partial charge in [-0.1, -0.05) is 13.3 Å². The van der Waals surface area contributed by atoms with E-state index in [4.69, 9.17) is 4.74 Å². The average molecular weight is 371 g/mol. The predicted octanol–water partition coefficient (Wildman–Crippen LogP) is 2.08. The van der Waals surface area contributed by atoms with Gasteiger partial charge in [0.15, 0.2) is 0 Å². The maximum Gasteiger partial charge on any atom is 0.332 e. The molecule has 0 bridgehead atoms. The molecule has 0 saturated heterocycles. The van der Waals surface area contributed by atoms with Crippen LogP contribution in [-0.4, -0.2) is 19.2 Å². The van der Waals surface area contributed by atoms with Gasteiger partial charge in [-0.05, 0) is 30.7 Å². The Kier molecular flexibility index (Phi) is 4.07. The fraction of sp³-hybridized carbons (Fsp3) is 0.316. The number of hydrogen-bond donors (Lipinski definition) is 1. The minimum absolute atomic E-state index is 0.203. The number of nitrogens with zero attached hydrogens (tertiary/aromatic N) is 3. The quantitative estimate of drug-likeness (QED) is 0.762. The largest absolute Gasteiger partial charge is 0.460 e. The highest BCUT2D eigenvalue weighted by molar-refractivity contribution is 5.83. The minimum Gasteiger partial charge on any atom is -0.460 e. The molecule has 3 aromatic rings. The van der Waals surface area contributed by atoms with Gasteiger partial charge in [0.05, 0.1) is 11.1 Å². The molecule has 0 radical (unpaired) electrons. The molecule has 7 nitrogen and oxygen atoms in total. The van der Waals surface area contributed by atoms with E-state index in [1.165, 1.54) is 35.9 Å². The van der Waals surface area contributed by atoms with Crippen LogP contribution in [0.1, 0.15) is 31.6 Å². The molecule has 27 heavy (non-hydrogen) atoms. The van der Waals surface area contributed by atoms with Crippen molar-refractivity contribution in [1.29, 1.82) is 0 Å². The van der Waals surface area contributed by atoms with Crippen molar-refractivity contribution in [3.8, 4) is 17.0 Å². The van der Waals surface area contributed by atoms with E-state index < -0.39 is 23.4 Å². The van der Waals surface area contributed by atoms with Crippen LogP contribution < -0.4 is 16.0 Å². The lowest BCUT2D eigenvalue weighted by Gasteiger charge is -2.25. The number of aliphatic hydroxyl groups is 1. The molecule has 1 aliphatic rings. The normalized spacial score (nSPS) is 15.3. The van der Waals surface area contributed by atoms with Crippen molar-refractivity contribution in [1.82, 2.24) is 14.1 Å². The topological polar surface area (TPSA) is 86.4 Å². The Morgan fingerprint density at radius 1 is 1.30 bits per heavy atom. The number of rotatable bonds is 3. The smallest absolute Gasteiger partial charge is 0.332 e. The Bertz CT molecular complexity index is 1180. The first kappa shape index (κ1) is 17.4. The van der Waals surface area contributed by atoms with Gasteiger partial charge in [-0.2, -0.15) is 0 Å². The van der Waals surface area contributed by atoms with Gasteiger partial charge in [0.2, 0.25) is 6.29 Å². The first-order valence-electron chi connectivity index (χ1n) is 8.71. The lowest BCUT2D eigenvalue weighted by Crippen LogP contribution is -2.39. The van der Waals surface area contributed by atoms with Gasteiger partial charge in [0.1, 0.15) is 17.2 Å². The molecule has 8 heteroatoms. The summed E-state index contributed by atoms with van der Waals surface area (Å²) < 4.78 is 21.7. The lowest BCUT2D eigenvalue weighted by molar-refractivity contribution is -0.0215. The summed E-state index contributed by atoms with van der Waals surface area (Å²) in [5, 5.41) is 10.5. The maximum atomic E-state index is 13.8. The van der Waals surface area contributed by atoms with Crippen molar-refractivity contribution in [2.45, 2.75) is 32.6 Å². The van der Waals surface area contributed by atoms with Crippen molar-refractivity contribution in [2.75, 3.05) is 0 Å². The van der Waals surface area contributed by atoms with Crippen LogP contribution in [0.5, 0.6) is 5.75 Å². The number of unbranched alkanes of at least 4 members (excludes halogenated alkanes) is 1. The number of fused-ring (bicyclic) bond motifs is 4. The predicted molar refractivity (Wildman–Crippen MR) is 97.1 cm³/mol. The van der Waals surface area contributed by atoms with E-state index in [-0.39, 0.29) is 22.3 Å². The summed E-state index contributed by atoms with van der Waals surface area (Å²) in [7, 11) is 1.41. The summed E-state index contributed by atoms with van der Waals surface area (Å²) in [5.74, 6) is -0.191. The number of aromatic nitrogens is 3. The van der Waals surface area contributed by atoms with E-state index >= 15 is 0 Å². The highest BCUT2D eigenvalue weighted by Crippen LogP contribution is 2.41. The Hall–Kier alpha value is -3.00. The van der Waals surface area contributed by atoms with Crippen LogP contribution in [-0.2, 0) is 13.6 Å². The van der Waals surface area contributed by atoms with E-state index in [1.54, 1.807) is 0 Å². The second-order valence-electron chi connectivity index (χ2n) is 6.56. The molecule has 0 aliphatic carbocycles. The first-order chi connectivity index (χ1) is 12.9. The third-order valence-corrected chi connectivity index (χ3v) is 4.78. The fourth-order valence-electron chi connectivity index (χ4n) is 3.32. The van der Waals surface area contributed by atoms with Gasteiger partial charge in [0.25, 0.3) is 5.56 Å². The molecule has 0 amide bonds. The van der Waals surface area contributed by atoms with Crippen molar-refractivity contribution in [3.05, 3.63) is 56.5 Å². The molecule has 3 heterocycles. The van der Waals surface area contributed by atoms with Crippen LogP contribution in [0.3, 0.4) is 0 Å². The maximum absolute atomic E-state index is 13.8. The third-order valence-electron chi connectivity index (χ3n) is 4.78. The molecule has 4 rings (SSSR count). The number of benzene rings is 1. The number of halogens is 1. The Labute approximate surface area is 153 Å². The fourth-order valence-corrected chi connectivity index (χ4v) is 3.32. The molecule has 1 aliphatic heterocycles. The van der Waals surface area contributed by atoms with Gasteiger partial charge in [-0.15, -0.1) is 0 Å². The summed E-state index contributed by atoms with van der Waals surface area (Å²) in [6, 6.07) is 5.37. The van der Waals surface area contributed by atoms with Crippen LogP contribution in [0.25, 0.3) is 22.3 Å². The van der Waals surface area contributed by atoms with Crippen molar-refractivity contribution < 1.29 is 14.2 Å². The molecule has 1 aromatic carbocycles. The van der Waals surface area contributed by atoms with Crippen LogP contribution >= 0.6 is 0 Å². The molecule has 0 fully saturated rings. The van der Waals surface area contributed by atoms with Gasteiger partial charge in [-0.3, -0.25) is 13.9 Å².